The van der Waals surface area contributed by atoms with Crippen LogP contribution in [-0.4, -0.2) is 39.8 Å². The van der Waals surface area contributed by atoms with Crippen molar-refractivity contribution in [3.8, 4) is 6.07 Å². The summed E-state index contributed by atoms with van der Waals surface area (Å²) in [4.78, 5) is 13.4. The number of carbonyl (C=O) groups excluding carboxylic acids is 1. The van der Waals surface area contributed by atoms with Crippen LogP contribution in [0.15, 0.2) is 18.2 Å². The summed E-state index contributed by atoms with van der Waals surface area (Å²) in [5.74, 6) is -0.0949. The Morgan fingerprint density at radius 1 is 1.58 bits per heavy atom. The molecular formula is C13H18N4O2. The van der Waals surface area contributed by atoms with E-state index in [9.17, 15) is 4.79 Å². The zero-order chi connectivity index (χ0) is 14.3. The average molecular weight is 262 g/mol. The van der Waals surface area contributed by atoms with Gasteiger partial charge in [0.1, 0.15) is 6.07 Å². The van der Waals surface area contributed by atoms with Gasteiger partial charge in [-0.1, -0.05) is 0 Å². The molecule has 0 fully saturated rings. The fraction of sp³-hybridized carbons (Fsp3) is 0.385. The SMILES string of the molecule is COCCNC(=O)CN(C)c1ccc(C#N)c(N)c1. The van der Waals surface area contributed by atoms with Crippen LogP contribution in [0.5, 0.6) is 0 Å². The van der Waals surface area contributed by atoms with E-state index >= 15 is 0 Å². The highest BCUT2D eigenvalue weighted by atomic mass is 16.5. The van der Waals surface area contributed by atoms with Gasteiger partial charge in [0, 0.05) is 26.4 Å². The summed E-state index contributed by atoms with van der Waals surface area (Å²) in [6, 6.07) is 7.09. The van der Waals surface area contributed by atoms with Crippen LogP contribution in [0.1, 0.15) is 5.56 Å². The van der Waals surface area contributed by atoms with Gasteiger partial charge in [-0.25, -0.2) is 0 Å². The molecule has 0 aromatic heterocycles. The lowest BCUT2D eigenvalue weighted by molar-refractivity contribution is -0.119. The Morgan fingerprint density at radius 3 is 2.89 bits per heavy atom. The van der Waals surface area contributed by atoms with Crippen LogP contribution in [0.3, 0.4) is 0 Å². The van der Waals surface area contributed by atoms with Crippen molar-refractivity contribution in [2.45, 2.75) is 0 Å². The molecule has 0 bridgehead atoms. The molecule has 6 heteroatoms. The van der Waals surface area contributed by atoms with Crippen LogP contribution in [0, 0.1) is 11.3 Å². The zero-order valence-corrected chi connectivity index (χ0v) is 11.1. The third-order valence-electron chi connectivity index (χ3n) is 2.61. The van der Waals surface area contributed by atoms with Gasteiger partial charge in [0.25, 0.3) is 0 Å². The number of benzene rings is 1. The van der Waals surface area contributed by atoms with Crippen molar-refractivity contribution in [1.82, 2.24) is 5.32 Å². The normalized spacial score (nSPS) is 9.74. The van der Waals surface area contributed by atoms with Crippen molar-refractivity contribution in [3.05, 3.63) is 23.8 Å². The van der Waals surface area contributed by atoms with E-state index in [0.29, 0.717) is 24.4 Å². The lowest BCUT2D eigenvalue weighted by Crippen LogP contribution is -2.36. The molecular weight excluding hydrogens is 244 g/mol. The Labute approximate surface area is 112 Å². The number of amides is 1. The number of methoxy groups -OCH3 is 1. The Balaban J connectivity index is 2.58. The second kappa shape index (κ2) is 7.24. The lowest BCUT2D eigenvalue weighted by atomic mass is 10.1. The van der Waals surface area contributed by atoms with Gasteiger partial charge >= 0.3 is 0 Å². The summed E-state index contributed by atoms with van der Waals surface area (Å²) in [5, 5.41) is 11.5. The Kier molecular flexibility index (Phi) is 5.64. The molecule has 0 unspecified atom stereocenters. The highest BCUT2D eigenvalue weighted by molar-refractivity contribution is 5.81. The van der Waals surface area contributed by atoms with Crippen LogP contribution in [0.4, 0.5) is 11.4 Å². The topological polar surface area (TPSA) is 91.4 Å². The Morgan fingerprint density at radius 2 is 2.32 bits per heavy atom. The van der Waals surface area contributed by atoms with Gasteiger partial charge in [-0.05, 0) is 18.2 Å². The Bertz CT molecular complexity index is 482. The number of rotatable bonds is 6. The first-order valence-corrected chi connectivity index (χ1v) is 5.85. The molecule has 0 aliphatic heterocycles. The average Bonchev–Trinajstić information content (AvgIpc) is 2.38. The van der Waals surface area contributed by atoms with Crippen molar-refractivity contribution >= 4 is 17.3 Å². The standard InChI is InChI=1S/C13H18N4O2/c1-17(9-13(18)16-5-6-19-2)11-4-3-10(8-14)12(15)7-11/h3-4,7H,5-6,9,15H2,1-2H3,(H,16,18). The van der Waals surface area contributed by atoms with Crippen molar-refractivity contribution < 1.29 is 9.53 Å². The first-order valence-electron chi connectivity index (χ1n) is 5.85. The molecule has 0 saturated heterocycles. The number of likely N-dealkylation sites (N-methyl/N-ethyl adjacent to an activating group) is 1. The van der Waals surface area contributed by atoms with Gasteiger partial charge in [-0.2, -0.15) is 5.26 Å². The molecule has 1 aromatic carbocycles. The summed E-state index contributed by atoms with van der Waals surface area (Å²) in [6.45, 7) is 1.19. The highest BCUT2D eigenvalue weighted by Crippen LogP contribution is 2.19. The number of nitrogen functional groups attached to an aromatic ring is 1. The molecule has 0 heterocycles. The van der Waals surface area contributed by atoms with E-state index in [1.165, 1.54) is 0 Å². The minimum atomic E-state index is -0.0949. The number of nitrogens with one attached hydrogen (secondary N) is 1. The smallest absolute Gasteiger partial charge is 0.239 e. The molecule has 1 rings (SSSR count). The second-order valence-electron chi connectivity index (χ2n) is 4.08. The fourth-order valence-electron chi connectivity index (χ4n) is 1.54. The van der Waals surface area contributed by atoms with Crippen LogP contribution < -0.4 is 16.0 Å². The van der Waals surface area contributed by atoms with Crippen molar-refractivity contribution in [1.29, 1.82) is 5.26 Å². The molecule has 0 saturated carbocycles. The number of nitriles is 1. The van der Waals surface area contributed by atoms with Gasteiger partial charge in [0.05, 0.1) is 24.4 Å². The molecule has 19 heavy (non-hydrogen) atoms. The van der Waals surface area contributed by atoms with E-state index in [0.717, 1.165) is 5.69 Å². The summed E-state index contributed by atoms with van der Waals surface area (Å²) in [7, 11) is 3.37. The van der Waals surface area contributed by atoms with E-state index in [2.05, 4.69) is 5.32 Å². The molecule has 102 valence electrons. The molecule has 0 aliphatic carbocycles. The van der Waals surface area contributed by atoms with Gasteiger partial charge < -0.3 is 20.7 Å². The van der Waals surface area contributed by atoms with E-state index in [1.54, 1.807) is 37.3 Å². The molecule has 3 N–H and O–H groups in total. The summed E-state index contributed by atoms with van der Waals surface area (Å²) in [6.07, 6.45) is 0. The number of nitrogens with two attached hydrogens (primary N) is 1. The van der Waals surface area contributed by atoms with Crippen molar-refractivity contribution in [2.75, 3.05) is 44.5 Å². The van der Waals surface area contributed by atoms with Crippen LogP contribution >= 0.6 is 0 Å². The third-order valence-corrected chi connectivity index (χ3v) is 2.61. The maximum atomic E-state index is 11.6. The van der Waals surface area contributed by atoms with Gasteiger partial charge in [0.15, 0.2) is 0 Å². The van der Waals surface area contributed by atoms with E-state index in [4.69, 9.17) is 15.7 Å². The highest BCUT2D eigenvalue weighted by Gasteiger charge is 2.08. The largest absolute Gasteiger partial charge is 0.398 e. The van der Waals surface area contributed by atoms with E-state index < -0.39 is 0 Å². The number of hydrogen-bond donors (Lipinski definition) is 2. The second-order valence-corrected chi connectivity index (χ2v) is 4.08. The van der Waals surface area contributed by atoms with E-state index in [1.807, 2.05) is 6.07 Å². The summed E-state index contributed by atoms with van der Waals surface area (Å²) >= 11 is 0. The Hall–Kier alpha value is -2.26. The van der Waals surface area contributed by atoms with Crippen LogP contribution in [-0.2, 0) is 9.53 Å². The molecule has 0 spiro atoms. The molecule has 1 amide bonds. The molecule has 6 nitrogen and oxygen atoms in total. The maximum Gasteiger partial charge on any atom is 0.239 e. The minimum Gasteiger partial charge on any atom is -0.398 e. The van der Waals surface area contributed by atoms with Gasteiger partial charge in [-0.3, -0.25) is 4.79 Å². The minimum absolute atomic E-state index is 0.0949. The maximum absolute atomic E-state index is 11.6. The molecule has 0 radical (unpaired) electrons. The molecule has 1 aromatic rings. The number of carbonyl (C=O) groups is 1. The third kappa shape index (κ3) is 4.48. The van der Waals surface area contributed by atoms with Crippen LogP contribution in [0.25, 0.3) is 0 Å². The molecule has 0 atom stereocenters. The first kappa shape index (κ1) is 14.8. The number of hydrogen-bond acceptors (Lipinski definition) is 5. The number of nitrogens with zero attached hydrogens (tertiary/aromatic N) is 2. The van der Waals surface area contributed by atoms with Crippen molar-refractivity contribution in [2.24, 2.45) is 0 Å². The predicted molar refractivity (Wildman–Crippen MR) is 73.7 cm³/mol. The lowest BCUT2D eigenvalue weighted by Gasteiger charge is -2.19. The summed E-state index contributed by atoms with van der Waals surface area (Å²) < 4.78 is 4.85. The zero-order valence-electron chi connectivity index (χ0n) is 11.1. The van der Waals surface area contributed by atoms with Crippen LogP contribution in [0.2, 0.25) is 0 Å². The van der Waals surface area contributed by atoms with Crippen molar-refractivity contribution in [3.63, 3.8) is 0 Å². The monoisotopic (exact) mass is 262 g/mol. The quantitative estimate of drug-likeness (QED) is 0.570. The van der Waals surface area contributed by atoms with E-state index in [-0.39, 0.29) is 12.5 Å². The molecule has 0 aliphatic rings. The summed E-state index contributed by atoms with van der Waals surface area (Å²) in [5.41, 5.74) is 7.36. The number of ether oxygens (including phenoxy) is 1. The fourth-order valence-corrected chi connectivity index (χ4v) is 1.54. The van der Waals surface area contributed by atoms with Gasteiger partial charge in [-0.15, -0.1) is 0 Å². The van der Waals surface area contributed by atoms with Gasteiger partial charge in [0.2, 0.25) is 5.91 Å². The first-order chi connectivity index (χ1) is 9.08. The predicted octanol–water partition coefficient (Wildman–Crippen LogP) is 0.339. The number of anilines is 2.